The molecule has 0 aliphatic heterocycles. The standard InChI is InChI=1S/C8H5N7/c1-2-10-7-5(9-1)6(11-3-12-7)8-13-4-14-15-8/h1-4H,(H,13,14,15). The fraction of sp³-hybridized carbons (Fsp3) is 0. The average Bonchev–Trinajstić information content (AvgIpc) is 2.82. The van der Waals surface area contributed by atoms with Gasteiger partial charge < -0.3 is 0 Å². The molecule has 3 rings (SSSR count). The van der Waals surface area contributed by atoms with Crippen molar-refractivity contribution in [1.82, 2.24) is 35.1 Å². The van der Waals surface area contributed by atoms with Crippen molar-refractivity contribution in [2.75, 3.05) is 0 Å². The lowest BCUT2D eigenvalue weighted by Crippen LogP contribution is -1.94. The van der Waals surface area contributed by atoms with Crippen LogP contribution >= 0.6 is 0 Å². The van der Waals surface area contributed by atoms with Crippen LogP contribution in [0.1, 0.15) is 0 Å². The summed E-state index contributed by atoms with van der Waals surface area (Å²) in [5, 5.41) is 6.49. The van der Waals surface area contributed by atoms with Crippen molar-refractivity contribution < 1.29 is 0 Å². The van der Waals surface area contributed by atoms with Crippen LogP contribution in [0.5, 0.6) is 0 Å². The van der Waals surface area contributed by atoms with E-state index in [2.05, 4.69) is 35.1 Å². The largest absolute Gasteiger partial charge is 0.258 e. The normalized spacial score (nSPS) is 10.7. The van der Waals surface area contributed by atoms with Gasteiger partial charge in [-0.05, 0) is 0 Å². The van der Waals surface area contributed by atoms with Crippen LogP contribution in [-0.4, -0.2) is 35.1 Å². The van der Waals surface area contributed by atoms with Gasteiger partial charge in [0.25, 0.3) is 0 Å². The second-order valence-electron chi connectivity index (χ2n) is 2.78. The molecule has 3 aromatic heterocycles. The minimum absolute atomic E-state index is 0.541. The minimum Gasteiger partial charge on any atom is -0.258 e. The maximum absolute atomic E-state index is 4.16. The number of fused-ring (bicyclic) bond motifs is 1. The third-order valence-corrected chi connectivity index (χ3v) is 1.91. The number of nitrogens with zero attached hydrogens (tertiary/aromatic N) is 6. The second kappa shape index (κ2) is 3.05. The van der Waals surface area contributed by atoms with Crippen LogP contribution in [0.25, 0.3) is 22.7 Å². The molecule has 0 aliphatic carbocycles. The molecular formula is C8H5N7. The van der Waals surface area contributed by atoms with E-state index in [9.17, 15) is 0 Å². The maximum atomic E-state index is 4.16. The molecule has 0 saturated carbocycles. The molecule has 0 aromatic carbocycles. The lowest BCUT2D eigenvalue weighted by atomic mass is 10.3. The summed E-state index contributed by atoms with van der Waals surface area (Å²) >= 11 is 0. The molecule has 3 heterocycles. The lowest BCUT2D eigenvalue weighted by molar-refractivity contribution is 1.07. The summed E-state index contributed by atoms with van der Waals surface area (Å²) in [6.45, 7) is 0. The van der Waals surface area contributed by atoms with E-state index in [0.29, 0.717) is 22.7 Å². The Morgan fingerprint density at radius 2 is 1.80 bits per heavy atom. The van der Waals surface area contributed by atoms with Gasteiger partial charge in [0.15, 0.2) is 11.5 Å². The van der Waals surface area contributed by atoms with Gasteiger partial charge in [0, 0.05) is 12.4 Å². The summed E-state index contributed by atoms with van der Waals surface area (Å²) in [4.78, 5) is 20.4. The van der Waals surface area contributed by atoms with E-state index in [1.807, 2.05) is 0 Å². The van der Waals surface area contributed by atoms with Gasteiger partial charge in [-0.2, -0.15) is 5.10 Å². The molecule has 0 unspecified atom stereocenters. The van der Waals surface area contributed by atoms with Crippen LogP contribution < -0.4 is 0 Å². The van der Waals surface area contributed by atoms with Crippen molar-refractivity contribution in [2.24, 2.45) is 0 Å². The number of nitrogens with one attached hydrogen (secondary N) is 1. The first-order chi connectivity index (χ1) is 7.45. The van der Waals surface area contributed by atoms with E-state index >= 15 is 0 Å². The average molecular weight is 199 g/mol. The Labute approximate surface area is 83.7 Å². The van der Waals surface area contributed by atoms with E-state index in [0.717, 1.165) is 0 Å². The van der Waals surface area contributed by atoms with Crippen LogP contribution in [0.4, 0.5) is 0 Å². The topological polar surface area (TPSA) is 93.1 Å². The van der Waals surface area contributed by atoms with Gasteiger partial charge in [0.2, 0.25) is 0 Å². The summed E-state index contributed by atoms with van der Waals surface area (Å²) in [7, 11) is 0. The number of aromatic amines is 1. The number of aromatic nitrogens is 7. The molecule has 0 saturated heterocycles. The molecule has 7 nitrogen and oxygen atoms in total. The Bertz CT molecular complexity index is 584. The van der Waals surface area contributed by atoms with Gasteiger partial charge in [-0.25, -0.2) is 24.9 Å². The SMILES string of the molecule is c1n[nH]c(-c2ncnc3nccnc23)n1. The Morgan fingerprint density at radius 1 is 0.867 bits per heavy atom. The molecule has 0 spiro atoms. The van der Waals surface area contributed by atoms with Gasteiger partial charge in [-0.3, -0.25) is 5.10 Å². The first kappa shape index (κ1) is 7.92. The zero-order valence-electron chi connectivity index (χ0n) is 7.49. The molecule has 0 amide bonds. The summed E-state index contributed by atoms with van der Waals surface area (Å²) in [6.07, 6.45) is 6.01. The summed E-state index contributed by atoms with van der Waals surface area (Å²) in [5.74, 6) is 0.558. The highest BCUT2D eigenvalue weighted by Crippen LogP contribution is 2.17. The van der Waals surface area contributed by atoms with E-state index < -0.39 is 0 Å². The van der Waals surface area contributed by atoms with Crippen LogP contribution in [-0.2, 0) is 0 Å². The predicted octanol–water partition coefficient (Wildman–Crippen LogP) is 0.205. The summed E-state index contributed by atoms with van der Waals surface area (Å²) in [5.41, 5.74) is 1.75. The highest BCUT2D eigenvalue weighted by Gasteiger charge is 2.09. The molecule has 3 aromatic rings. The van der Waals surface area contributed by atoms with Gasteiger partial charge in [-0.15, -0.1) is 0 Å². The molecule has 72 valence electrons. The molecule has 0 bridgehead atoms. The molecule has 0 atom stereocenters. The minimum atomic E-state index is 0.541. The molecular weight excluding hydrogens is 194 g/mol. The van der Waals surface area contributed by atoms with Crippen molar-refractivity contribution in [3.63, 3.8) is 0 Å². The van der Waals surface area contributed by atoms with Crippen LogP contribution in [0.3, 0.4) is 0 Å². The van der Waals surface area contributed by atoms with E-state index in [4.69, 9.17) is 0 Å². The predicted molar refractivity (Wildman–Crippen MR) is 50.5 cm³/mol. The van der Waals surface area contributed by atoms with Crippen molar-refractivity contribution in [2.45, 2.75) is 0 Å². The Kier molecular flexibility index (Phi) is 1.61. The zero-order valence-corrected chi connectivity index (χ0v) is 7.49. The fourth-order valence-electron chi connectivity index (χ4n) is 1.29. The first-order valence-corrected chi connectivity index (χ1v) is 4.22. The Morgan fingerprint density at radius 3 is 2.67 bits per heavy atom. The van der Waals surface area contributed by atoms with Crippen molar-refractivity contribution in [3.8, 4) is 11.5 Å². The van der Waals surface area contributed by atoms with E-state index in [1.165, 1.54) is 12.7 Å². The van der Waals surface area contributed by atoms with Gasteiger partial charge >= 0.3 is 0 Å². The van der Waals surface area contributed by atoms with Gasteiger partial charge in [0.1, 0.15) is 23.9 Å². The smallest absolute Gasteiger partial charge is 0.182 e. The summed E-state index contributed by atoms with van der Waals surface area (Å²) < 4.78 is 0. The van der Waals surface area contributed by atoms with Crippen molar-refractivity contribution in [1.29, 1.82) is 0 Å². The lowest BCUT2D eigenvalue weighted by Gasteiger charge is -1.98. The molecule has 0 fully saturated rings. The highest BCUT2D eigenvalue weighted by molar-refractivity contribution is 5.83. The second-order valence-corrected chi connectivity index (χ2v) is 2.78. The van der Waals surface area contributed by atoms with Gasteiger partial charge in [0.05, 0.1) is 0 Å². The quantitative estimate of drug-likeness (QED) is 0.601. The van der Waals surface area contributed by atoms with Crippen molar-refractivity contribution in [3.05, 3.63) is 25.0 Å². The molecule has 1 N–H and O–H groups in total. The summed E-state index contributed by atoms with van der Waals surface area (Å²) in [6, 6.07) is 0. The number of hydrogen-bond donors (Lipinski definition) is 1. The molecule has 0 radical (unpaired) electrons. The molecule has 7 heteroatoms. The highest BCUT2D eigenvalue weighted by atomic mass is 15.2. The first-order valence-electron chi connectivity index (χ1n) is 4.22. The fourth-order valence-corrected chi connectivity index (χ4v) is 1.29. The van der Waals surface area contributed by atoms with Crippen molar-refractivity contribution >= 4 is 11.2 Å². The van der Waals surface area contributed by atoms with E-state index in [1.54, 1.807) is 12.4 Å². The molecule has 15 heavy (non-hydrogen) atoms. The third kappa shape index (κ3) is 1.21. The number of hydrogen-bond acceptors (Lipinski definition) is 6. The number of H-pyrrole nitrogens is 1. The number of rotatable bonds is 1. The van der Waals surface area contributed by atoms with Crippen LogP contribution in [0.2, 0.25) is 0 Å². The monoisotopic (exact) mass is 199 g/mol. The van der Waals surface area contributed by atoms with Crippen LogP contribution in [0.15, 0.2) is 25.0 Å². The van der Waals surface area contributed by atoms with Crippen LogP contribution in [0, 0.1) is 0 Å². The third-order valence-electron chi connectivity index (χ3n) is 1.91. The Balaban J connectivity index is 2.36. The van der Waals surface area contributed by atoms with E-state index in [-0.39, 0.29) is 0 Å². The maximum Gasteiger partial charge on any atom is 0.182 e. The Hall–Kier alpha value is -2.44. The van der Waals surface area contributed by atoms with Gasteiger partial charge in [-0.1, -0.05) is 0 Å². The molecule has 0 aliphatic rings. The zero-order chi connectivity index (χ0) is 10.1.